The first-order chi connectivity index (χ1) is 13.1. The largest absolute Gasteiger partial charge is 0.456 e. The van der Waals surface area contributed by atoms with Gasteiger partial charge in [0, 0.05) is 20.8 Å². The van der Waals surface area contributed by atoms with Crippen LogP contribution < -0.4 is 0 Å². The summed E-state index contributed by atoms with van der Waals surface area (Å²) in [7, 11) is 1.63. The van der Waals surface area contributed by atoms with Crippen LogP contribution in [-0.4, -0.2) is 87.1 Å². The third-order valence-electron chi connectivity index (χ3n) is 3.98. The fourth-order valence-corrected chi connectivity index (χ4v) is 2.64. The summed E-state index contributed by atoms with van der Waals surface area (Å²) in [5.74, 6) is 0.468. The van der Waals surface area contributed by atoms with Crippen LogP contribution in [0.4, 0.5) is 4.39 Å². The summed E-state index contributed by atoms with van der Waals surface area (Å²) in [6.07, 6.45) is 0.900. The Kier molecular flexibility index (Phi) is 9.31. The molecule has 5 atom stereocenters. The molecule has 1 aliphatic rings. The second kappa shape index (κ2) is 10.9. The second-order valence-corrected chi connectivity index (χ2v) is 6.69. The van der Waals surface area contributed by atoms with E-state index in [0.717, 1.165) is 0 Å². The molecule has 0 radical (unpaired) electrons. The molecule has 1 unspecified atom stereocenters. The number of halogens is 1. The maximum Gasteiger partial charge on any atom is 0.303 e. The first-order valence-electron chi connectivity index (χ1n) is 8.69. The van der Waals surface area contributed by atoms with Crippen molar-refractivity contribution in [3.63, 3.8) is 0 Å². The number of alkyl halides is 1. The number of carbonyl (C=O) groups is 3. The van der Waals surface area contributed by atoms with Crippen molar-refractivity contribution in [2.45, 2.75) is 45.4 Å². The van der Waals surface area contributed by atoms with Crippen LogP contribution in [0.2, 0.25) is 0 Å². The SMILES string of the molecule is C#CC[N+](C)(CF)CCO[C@@H]1OC[C@@H](OC(C)=O)[C@H](OC(C)=O)[C@H]1OC(C)=O. The predicted molar refractivity (Wildman–Crippen MR) is 93.1 cm³/mol. The van der Waals surface area contributed by atoms with Gasteiger partial charge in [0.2, 0.25) is 6.80 Å². The van der Waals surface area contributed by atoms with E-state index >= 15 is 0 Å². The van der Waals surface area contributed by atoms with Gasteiger partial charge in [-0.15, -0.1) is 6.42 Å². The molecule has 0 saturated carbocycles. The lowest BCUT2D eigenvalue weighted by molar-refractivity contribution is -0.915. The van der Waals surface area contributed by atoms with Crippen molar-refractivity contribution in [1.29, 1.82) is 0 Å². The third-order valence-corrected chi connectivity index (χ3v) is 3.98. The molecule has 1 rings (SSSR count). The van der Waals surface area contributed by atoms with Crippen molar-refractivity contribution in [3.8, 4) is 12.3 Å². The molecular formula is C18H27FNO8+. The summed E-state index contributed by atoms with van der Waals surface area (Å²) in [6, 6.07) is 0. The highest BCUT2D eigenvalue weighted by atomic mass is 19.1. The monoisotopic (exact) mass is 404 g/mol. The molecule has 1 heterocycles. The number of quaternary nitrogens is 1. The first kappa shape index (κ1) is 23.8. The number of likely N-dealkylation sites (N-methyl/N-ethyl adjacent to an activating group) is 1. The van der Waals surface area contributed by atoms with E-state index < -0.39 is 49.3 Å². The Labute approximate surface area is 163 Å². The normalized spacial score (nSPS) is 26.4. The van der Waals surface area contributed by atoms with E-state index in [2.05, 4.69) is 5.92 Å². The molecule has 1 fully saturated rings. The molecule has 1 aliphatic heterocycles. The standard InChI is InChI=1S/C18H27FNO8/c1-6-7-20(5,11-19)8-9-24-18-17(28-14(4)23)16(27-13(3)22)15(10-25-18)26-12(2)21/h1,15-18H,7-11H2,2-5H3/q+1/t15-,16+,17-,18-,20?/m1/s1. The highest BCUT2D eigenvalue weighted by Gasteiger charge is 2.47. The van der Waals surface area contributed by atoms with Crippen molar-refractivity contribution >= 4 is 17.9 Å². The van der Waals surface area contributed by atoms with E-state index in [0.29, 0.717) is 0 Å². The molecule has 9 nitrogen and oxygen atoms in total. The third kappa shape index (κ3) is 7.42. The Morgan fingerprint density at radius 2 is 1.68 bits per heavy atom. The summed E-state index contributed by atoms with van der Waals surface area (Å²) in [5, 5.41) is 0. The molecule has 0 aromatic carbocycles. The molecule has 0 aromatic rings. The van der Waals surface area contributed by atoms with Crippen LogP contribution in [0.3, 0.4) is 0 Å². The van der Waals surface area contributed by atoms with Crippen LogP contribution in [0.25, 0.3) is 0 Å². The Morgan fingerprint density at radius 3 is 2.18 bits per heavy atom. The van der Waals surface area contributed by atoms with Gasteiger partial charge >= 0.3 is 17.9 Å². The quantitative estimate of drug-likeness (QED) is 0.176. The molecule has 1 saturated heterocycles. The summed E-state index contributed by atoms with van der Waals surface area (Å²) < 4.78 is 39.8. The Hall–Kier alpha value is -2.22. The molecule has 28 heavy (non-hydrogen) atoms. The van der Waals surface area contributed by atoms with Crippen molar-refractivity contribution in [1.82, 2.24) is 0 Å². The second-order valence-electron chi connectivity index (χ2n) is 6.69. The molecule has 0 N–H and O–H groups in total. The maximum absolute atomic E-state index is 13.2. The molecule has 10 heteroatoms. The average Bonchev–Trinajstić information content (AvgIpc) is 2.58. The van der Waals surface area contributed by atoms with E-state index in [1.807, 2.05) is 0 Å². The van der Waals surface area contributed by atoms with Crippen LogP contribution in [0, 0.1) is 12.3 Å². The van der Waals surface area contributed by atoms with Crippen LogP contribution in [-0.2, 0) is 38.1 Å². The average molecular weight is 404 g/mol. The van der Waals surface area contributed by atoms with Gasteiger partial charge in [0.05, 0.1) is 20.3 Å². The van der Waals surface area contributed by atoms with E-state index in [9.17, 15) is 18.8 Å². The number of hydrogen-bond acceptors (Lipinski definition) is 8. The Morgan fingerprint density at radius 1 is 1.11 bits per heavy atom. The molecule has 0 bridgehead atoms. The van der Waals surface area contributed by atoms with Gasteiger partial charge in [-0.1, -0.05) is 0 Å². The number of ether oxygens (including phenoxy) is 5. The first-order valence-corrected chi connectivity index (χ1v) is 8.69. The fraction of sp³-hybridized carbons (Fsp3) is 0.722. The van der Waals surface area contributed by atoms with Crippen LogP contribution in [0.15, 0.2) is 0 Å². The zero-order chi connectivity index (χ0) is 21.3. The topological polar surface area (TPSA) is 97.4 Å². The van der Waals surface area contributed by atoms with E-state index in [4.69, 9.17) is 30.1 Å². The van der Waals surface area contributed by atoms with Crippen LogP contribution in [0.5, 0.6) is 0 Å². The fourth-order valence-electron chi connectivity index (χ4n) is 2.64. The zero-order valence-electron chi connectivity index (χ0n) is 16.5. The lowest BCUT2D eigenvalue weighted by Gasteiger charge is -2.40. The van der Waals surface area contributed by atoms with E-state index in [-0.39, 0.29) is 30.8 Å². The Balaban J connectivity index is 2.91. The molecule has 158 valence electrons. The van der Waals surface area contributed by atoms with Crippen molar-refractivity contribution in [2.24, 2.45) is 0 Å². The van der Waals surface area contributed by atoms with Gasteiger partial charge < -0.3 is 23.7 Å². The van der Waals surface area contributed by atoms with E-state index in [1.165, 1.54) is 20.8 Å². The summed E-state index contributed by atoms with van der Waals surface area (Å²) >= 11 is 0. The molecule has 0 aromatic heterocycles. The highest BCUT2D eigenvalue weighted by molar-refractivity contribution is 5.68. The van der Waals surface area contributed by atoms with Gasteiger partial charge in [-0.05, 0) is 5.92 Å². The lowest BCUT2D eigenvalue weighted by Crippen LogP contribution is -2.58. The molecule has 0 amide bonds. The number of esters is 3. The highest BCUT2D eigenvalue weighted by Crippen LogP contribution is 2.25. The van der Waals surface area contributed by atoms with Crippen molar-refractivity contribution < 1.29 is 46.9 Å². The maximum atomic E-state index is 13.2. The number of carbonyl (C=O) groups excluding carboxylic acids is 3. The van der Waals surface area contributed by atoms with Crippen molar-refractivity contribution in [3.05, 3.63) is 0 Å². The number of hydrogen-bond donors (Lipinski definition) is 0. The minimum atomic E-state index is -1.17. The van der Waals surface area contributed by atoms with Gasteiger partial charge in [0.1, 0.15) is 13.1 Å². The lowest BCUT2D eigenvalue weighted by atomic mass is 10.0. The minimum absolute atomic E-state index is 0.0373. The number of nitrogens with zero attached hydrogens (tertiary/aromatic N) is 1. The van der Waals surface area contributed by atoms with E-state index in [1.54, 1.807) is 7.05 Å². The summed E-state index contributed by atoms with van der Waals surface area (Å²) in [4.78, 5) is 34.3. The van der Waals surface area contributed by atoms with Crippen LogP contribution >= 0.6 is 0 Å². The number of terminal acetylenes is 1. The summed E-state index contributed by atoms with van der Waals surface area (Å²) in [6.45, 7) is 3.15. The smallest absolute Gasteiger partial charge is 0.303 e. The number of rotatable bonds is 9. The van der Waals surface area contributed by atoms with Gasteiger partial charge in [-0.25, -0.2) is 0 Å². The van der Waals surface area contributed by atoms with Gasteiger partial charge in [0.15, 0.2) is 24.6 Å². The molecular weight excluding hydrogens is 377 g/mol. The van der Waals surface area contributed by atoms with Gasteiger partial charge in [0.25, 0.3) is 0 Å². The Bertz CT molecular complexity index is 607. The van der Waals surface area contributed by atoms with Gasteiger partial charge in [-0.3, -0.25) is 18.9 Å². The molecule has 0 spiro atoms. The predicted octanol–water partition coefficient (Wildman–Crippen LogP) is 0.161. The van der Waals surface area contributed by atoms with Crippen LogP contribution in [0.1, 0.15) is 20.8 Å². The van der Waals surface area contributed by atoms with Crippen molar-refractivity contribution in [2.75, 3.05) is 40.1 Å². The summed E-state index contributed by atoms with van der Waals surface area (Å²) in [5.41, 5.74) is 0. The van der Waals surface area contributed by atoms with Gasteiger partial charge in [-0.2, -0.15) is 4.39 Å². The zero-order valence-corrected chi connectivity index (χ0v) is 16.5. The minimum Gasteiger partial charge on any atom is -0.456 e. The molecule has 0 aliphatic carbocycles.